The standard InChI is InChI=1S/C12H10N2O/c1-8-6-12(15-14-8)10-7-13-11-5-3-2-4-9(10)11/h2-7,13H,1H3. The summed E-state index contributed by atoms with van der Waals surface area (Å²) in [6.07, 6.45) is 1.95. The molecule has 2 heterocycles. The minimum absolute atomic E-state index is 0.810. The maximum absolute atomic E-state index is 5.25. The summed E-state index contributed by atoms with van der Waals surface area (Å²) in [6.45, 7) is 1.92. The summed E-state index contributed by atoms with van der Waals surface area (Å²) in [4.78, 5) is 3.21. The second kappa shape index (κ2) is 2.98. The number of aryl methyl sites for hydroxylation is 1. The van der Waals surface area contributed by atoms with Crippen molar-refractivity contribution < 1.29 is 4.52 Å². The second-order valence-corrected chi connectivity index (χ2v) is 3.58. The first-order chi connectivity index (χ1) is 7.34. The highest BCUT2D eigenvalue weighted by molar-refractivity contribution is 5.94. The molecule has 0 saturated carbocycles. The maximum atomic E-state index is 5.25. The van der Waals surface area contributed by atoms with Crippen molar-refractivity contribution in [2.45, 2.75) is 6.92 Å². The monoisotopic (exact) mass is 198 g/mol. The Hall–Kier alpha value is -2.03. The van der Waals surface area contributed by atoms with Crippen molar-refractivity contribution in [1.29, 1.82) is 0 Å². The van der Waals surface area contributed by atoms with Crippen LogP contribution in [0.1, 0.15) is 5.69 Å². The van der Waals surface area contributed by atoms with E-state index in [1.807, 2.05) is 37.4 Å². The van der Waals surface area contributed by atoms with Gasteiger partial charge in [-0.25, -0.2) is 0 Å². The van der Waals surface area contributed by atoms with Gasteiger partial charge in [-0.2, -0.15) is 0 Å². The molecule has 1 N–H and O–H groups in total. The van der Waals surface area contributed by atoms with Crippen molar-refractivity contribution >= 4 is 10.9 Å². The van der Waals surface area contributed by atoms with Gasteiger partial charge in [-0.05, 0) is 13.0 Å². The van der Waals surface area contributed by atoms with E-state index in [0.717, 1.165) is 27.9 Å². The molecule has 3 nitrogen and oxygen atoms in total. The van der Waals surface area contributed by atoms with Gasteiger partial charge in [-0.1, -0.05) is 23.4 Å². The van der Waals surface area contributed by atoms with E-state index in [1.54, 1.807) is 0 Å². The zero-order valence-corrected chi connectivity index (χ0v) is 8.32. The molecule has 0 radical (unpaired) electrons. The number of aromatic nitrogens is 2. The molecular formula is C12H10N2O. The van der Waals surface area contributed by atoms with Gasteiger partial charge in [-0.3, -0.25) is 0 Å². The van der Waals surface area contributed by atoms with Crippen LogP contribution in [0.2, 0.25) is 0 Å². The van der Waals surface area contributed by atoms with Crippen LogP contribution in [0.5, 0.6) is 0 Å². The number of H-pyrrole nitrogens is 1. The van der Waals surface area contributed by atoms with E-state index in [9.17, 15) is 0 Å². The lowest BCUT2D eigenvalue weighted by Crippen LogP contribution is -1.69. The number of nitrogens with one attached hydrogen (secondary N) is 1. The minimum atomic E-state index is 0.810. The van der Waals surface area contributed by atoms with Crippen LogP contribution in [-0.4, -0.2) is 10.1 Å². The largest absolute Gasteiger partial charge is 0.360 e. The number of nitrogens with zero attached hydrogens (tertiary/aromatic N) is 1. The van der Waals surface area contributed by atoms with Gasteiger partial charge in [0.1, 0.15) is 0 Å². The molecule has 3 heteroatoms. The van der Waals surface area contributed by atoms with Crippen LogP contribution in [0.3, 0.4) is 0 Å². The molecule has 3 rings (SSSR count). The highest BCUT2D eigenvalue weighted by atomic mass is 16.5. The molecule has 0 spiro atoms. The summed E-state index contributed by atoms with van der Waals surface area (Å²) >= 11 is 0. The van der Waals surface area contributed by atoms with E-state index < -0.39 is 0 Å². The normalized spacial score (nSPS) is 11.0. The molecule has 0 aliphatic heterocycles. The van der Waals surface area contributed by atoms with Gasteiger partial charge >= 0.3 is 0 Å². The molecule has 0 saturated heterocycles. The highest BCUT2D eigenvalue weighted by Crippen LogP contribution is 2.28. The lowest BCUT2D eigenvalue weighted by molar-refractivity contribution is 0.427. The van der Waals surface area contributed by atoms with E-state index in [-0.39, 0.29) is 0 Å². The van der Waals surface area contributed by atoms with Crippen LogP contribution in [0.15, 0.2) is 41.1 Å². The fraction of sp³-hybridized carbons (Fsp3) is 0.0833. The fourth-order valence-corrected chi connectivity index (χ4v) is 1.77. The Kier molecular flexibility index (Phi) is 1.65. The number of fused-ring (bicyclic) bond motifs is 1. The number of benzene rings is 1. The Balaban J connectivity index is 2.27. The first-order valence-electron chi connectivity index (χ1n) is 4.84. The zero-order chi connectivity index (χ0) is 10.3. The Morgan fingerprint density at radius 3 is 2.93 bits per heavy atom. The molecule has 0 amide bonds. The van der Waals surface area contributed by atoms with Gasteiger partial charge in [0.2, 0.25) is 0 Å². The topological polar surface area (TPSA) is 41.8 Å². The summed E-state index contributed by atoms with van der Waals surface area (Å²) < 4.78 is 5.25. The Morgan fingerprint density at radius 1 is 1.27 bits per heavy atom. The molecule has 0 fully saturated rings. The van der Waals surface area contributed by atoms with Crippen LogP contribution in [-0.2, 0) is 0 Å². The number of para-hydroxylation sites is 1. The molecule has 0 aliphatic rings. The molecule has 0 atom stereocenters. The number of hydrogen-bond acceptors (Lipinski definition) is 2. The van der Waals surface area contributed by atoms with Crippen LogP contribution >= 0.6 is 0 Å². The van der Waals surface area contributed by atoms with E-state index in [1.165, 1.54) is 0 Å². The molecule has 2 aromatic heterocycles. The van der Waals surface area contributed by atoms with Crippen LogP contribution < -0.4 is 0 Å². The lowest BCUT2D eigenvalue weighted by atomic mass is 10.1. The van der Waals surface area contributed by atoms with E-state index in [4.69, 9.17) is 4.52 Å². The zero-order valence-electron chi connectivity index (χ0n) is 8.32. The van der Waals surface area contributed by atoms with Gasteiger partial charge in [-0.15, -0.1) is 0 Å². The van der Waals surface area contributed by atoms with E-state index >= 15 is 0 Å². The summed E-state index contributed by atoms with van der Waals surface area (Å²) in [7, 11) is 0. The van der Waals surface area contributed by atoms with E-state index in [2.05, 4.69) is 16.2 Å². The van der Waals surface area contributed by atoms with Gasteiger partial charge < -0.3 is 9.51 Å². The van der Waals surface area contributed by atoms with Gasteiger partial charge in [0.15, 0.2) is 5.76 Å². The molecule has 0 aliphatic carbocycles. The van der Waals surface area contributed by atoms with Crippen LogP contribution in [0.4, 0.5) is 0 Å². The average molecular weight is 198 g/mol. The van der Waals surface area contributed by atoms with Gasteiger partial charge in [0.25, 0.3) is 0 Å². The average Bonchev–Trinajstić information content (AvgIpc) is 2.83. The minimum Gasteiger partial charge on any atom is -0.360 e. The molecular weight excluding hydrogens is 188 g/mol. The summed E-state index contributed by atoms with van der Waals surface area (Å²) in [5, 5.41) is 5.05. The third-order valence-electron chi connectivity index (χ3n) is 2.48. The third kappa shape index (κ3) is 1.24. The predicted molar refractivity (Wildman–Crippen MR) is 58.5 cm³/mol. The predicted octanol–water partition coefficient (Wildman–Crippen LogP) is 3.13. The van der Waals surface area contributed by atoms with Crippen molar-refractivity contribution in [1.82, 2.24) is 10.1 Å². The van der Waals surface area contributed by atoms with Crippen molar-refractivity contribution in [2.75, 3.05) is 0 Å². The Morgan fingerprint density at radius 2 is 2.13 bits per heavy atom. The third-order valence-corrected chi connectivity index (χ3v) is 2.48. The first kappa shape index (κ1) is 8.29. The summed E-state index contributed by atoms with van der Waals surface area (Å²) in [5.74, 6) is 0.810. The van der Waals surface area contributed by atoms with Crippen molar-refractivity contribution in [3.8, 4) is 11.3 Å². The second-order valence-electron chi connectivity index (χ2n) is 3.58. The SMILES string of the molecule is Cc1cc(-c2c[nH]c3ccccc23)on1. The van der Waals surface area contributed by atoms with Gasteiger partial charge in [0, 0.05) is 28.7 Å². The number of hydrogen-bond donors (Lipinski definition) is 1. The number of rotatable bonds is 1. The molecule has 0 bridgehead atoms. The Labute approximate surface area is 86.7 Å². The first-order valence-corrected chi connectivity index (χ1v) is 4.84. The molecule has 15 heavy (non-hydrogen) atoms. The van der Waals surface area contributed by atoms with Crippen molar-refractivity contribution in [3.63, 3.8) is 0 Å². The van der Waals surface area contributed by atoms with Crippen molar-refractivity contribution in [3.05, 3.63) is 42.2 Å². The summed E-state index contributed by atoms with van der Waals surface area (Å²) in [6, 6.07) is 10.1. The highest BCUT2D eigenvalue weighted by Gasteiger charge is 2.09. The molecule has 1 aromatic carbocycles. The molecule has 0 unspecified atom stereocenters. The molecule has 74 valence electrons. The fourth-order valence-electron chi connectivity index (χ4n) is 1.77. The van der Waals surface area contributed by atoms with Crippen LogP contribution in [0.25, 0.3) is 22.2 Å². The summed E-state index contributed by atoms with van der Waals surface area (Å²) in [5.41, 5.74) is 3.07. The van der Waals surface area contributed by atoms with Crippen LogP contribution in [0, 0.1) is 6.92 Å². The van der Waals surface area contributed by atoms with E-state index in [0.29, 0.717) is 0 Å². The molecule has 3 aromatic rings. The van der Waals surface area contributed by atoms with Crippen molar-refractivity contribution in [2.24, 2.45) is 0 Å². The Bertz CT molecular complexity index is 607. The quantitative estimate of drug-likeness (QED) is 0.652. The number of aromatic amines is 1. The smallest absolute Gasteiger partial charge is 0.169 e. The van der Waals surface area contributed by atoms with Gasteiger partial charge in [0.05, 0.1) is 5.69 Å². The lowest BCUT2D eigenvalue weighted by Gasteiger charge is -1.91. The maximum Gasteiger partial charge on any atom is 0.169 e.